The summed E-state index contributed by atoms with van der Waals surface area (Å²) < 4.78 is 43.6. The maximum atomic E-state index is 13.7. The van der Waals surface area contributed by atoms with Gasteiger partial charge in [-0.1, -0.05) is 44.5 Å². The predicted octanol–water partition coefficient (Wildman–Crippen LogP) is 5.81. The lowest BCUT2D eigenvalue weighted by atomic mass is 9.91. The van der Waals surface area contributed by atoms with Crippen LogP contribution in [0.3, 0.4) is 0 Å². The highest BCUT2D eigenvalue weighted by molar-refractivity contribution is 6.30. The Morgan fingerprint density at radius 3 is 2.43 bits per heavy atom. The Labute approximate surface area is 204 Å². The van der Waals surface area contributed by atoms with Crippen LogP contribution in [0.2, 0.25) is 5.02 Å². The van der Waals surface area contributed by atoms with Crippen LogP contribution in [0, 0.1) is 13.8 Å². The van der Waals surface area contributed by atoms with E-state index in [0.29, 0.717) is 33.2 Å². The topological polar surface area (TPSA) is 77.1 Å². The van der Waals surface area contributed by atoms with Crippen molar-refractivity contribution in [3.63, 3.8) is 0 Å². The molecule has 0 aliphatic rings. The number of fused-ring (bicyclic) bond motifs is 1. The second kappa shape index (κ2) is 8.67. The minimum atomic E-state index is -4.67. The van der Waals surface area contributed by atoms with Crippen molar-refractivity contribution >= 4 is 28.8 Å². The summed E-state index contributed by atoms with van der Waals surface area (Å²) in [6.07, 6.45) is -4.67. The third kappa shape index (κ3) is 5.02. The van der Waals surface area contributed by atoms with Crippen molar-refractivity contribution < 1.29 is 18.0 Å². The third-order valence-corrected chi connectivity index (χ3v) is 5.80. The average molecular weight is 505 g/mol. The highest BCUT2D eigenvalue weighted by Gasteiger charge is 2.36. The fourth-order valence-electron chi connectivity index (χ4n) is 3.69. The van der Waals surface area contributed by atoms with Crippen LogP contribution < -0.4 is 5.32 Å². The number of halogens is 4. The van der Waals surface area contributed by atoms with Crippen LogP contribution in [0.1, 0.15) is 59.6 Å². The first-order valence-corrected chi connectivity index (χ1v) is 11.2. The molecule has 3 heterocycles. The van der Waals surface area contributed by atoms with E-state index < -0.39 is 23.2 Å². The van der Waals surface area contributed by atoms with Crippen molar-refractivity contribution in [2.75, 3.05) is 5.32 Å². The molecule has 4 aromatic rings. The van der Waals surface area contributed by atoms with Crippen LogP contribution in [-0.4, -0.2) is 30.3 Å². The Bertz CT molecular complexity index is 1430. The number of alkyl halides is 3. The maximum absolute atomic E-state index is 13.7. The van der Waals surface area contributed by atoms with E-state index in [9.17, 15) is 18.0 Å². The lowest BCUT2D eigenvalue weighted by Gasteiger charge is -2.19. The summed E-state index contributed by atoms with van der Waals surface area (Å²) in [5, 5.41) is 11.7. The molecule has 0 aliphatic carbocycles. The number of nitrogens with zero attached hydrogens (tertiary/aromatic N) is 5. The van der Waals surface area contributed by atoms with Gasteiger partial charge < -0.3 is 5.32 Å². The molecule has 0 radical (unpaired) electrons. The van der Waals surface area contributed by atoms with Crippen LogP contribution in [0.5, 0.6) is 0 Å². The summed E-state index contributed by atoms with van der Waals surface area (Å²) >= 11 is 6.06. The molecule has 1 N–H and O–H groups in total. The number of amides is 1. The van der Waals surface area contributed by atoms with Gasteiger partial charge in [-0.25, -0.2) is 9.50 Å². The van der Waals surface area contributed by atoms with Crippen molar-refractivity contribution in [3.05, 3.63) is 75.5 Å². The summed E-state index contributed by atoms with van der Waals surface area (Å²) in [5.74, 6) is -0.658. The minimum absolute atomic E-state index is 0.0556. The summed E-state index contributed by atoms with van der Waals surface area (Å²) in [5.41, 5.74) is 1.03. The first kappa shape index (κ1) is 24.7. The summed E-state index contributed by atoms with van der Waals surface area (Å²) in [6, 6.07) is 9.56. The molecular formula is C24H24ClF3N6O. The number of benzene rings is 1. The largest absolute Gasteiger partial charge is 0.433 e. The second-order valence-electron chi connectivity index (χ2n) is 9.36. The highest BCUT2D eigenvalue weighted by atomic mass is 35.5. The van der Waals surface area contributed by atoms with E-state index in [2.05, 4.69) is 20.5 Å². The minimum Gasteiger partial charge on any atom is -0.317 e. The van der Waals surface area contributed by atoms with Crippen LogP contribution in [-0.2, 0) is 18.1 Å². The van der Waals surface area contributed by atoms with Gasteiger partial charge in [-0.3, -0.25) is 9.48 Å². The number of hydrogen-bond donors (Lipinski definition) is 1. The quantitative estimate of drug-likeness (QED) is 0.380. The van der Waals surface area contributed by atoms with Gasteiger partial charge >= 0.3 is 6.18 Å². The van der Waals surface area contributed by atoms with Crippen molar-refractivity contribution in [1.82, 2.24) is 24.4 Å². The third-order valence-electron chi connectivity index (χ3n) is 5.56. The summed E-state index contributed by atoms with van der Waals surface area (Å²) in [7, 11) is 0. The summed E-state index contributed by atoms with van der Waals surface area (Å²) in [6.45, 7) is 9.27. The van der Waals surface area contributed by atoms with Gasteiger partial charge in [0.2, 0.25) is 0 Å². The molecule has 3 aromatic heterocycles. The highest BCUT2D eigenvalue weighted by Crippen LogP contribution is 2.33. The zero-order valence-corrected chi connectivity index (χ0v) is 20.6. The smallest absolute Gasteiger partial charge is 0.317 e. The molecule has 0 atom stereocenters. The van der Waals surface area contributed by atoms with Crippen molar-refractivity contribution in [1.29, 1.82) is 0 Å². The normalized spacial score (nSPS) is 12.4. The number of rotatable bonds is 4. The van der Waals surface area contributed by atoms with E-state index in [-0.39, 0.29) is 17.0 Å². The predicted molar refractivity (Wildman–Crippen MR) is 127 cm³/mol. The maximum Gasteiger partial charge on any atom is 0.433 e. The van der Waals surface area contributed by atoms with Gasteiger partial charge in [-0.15, -0.1) is 0 Å². The molecule has 35 heavy (non-hydrogen) atoms. The van der Waals surface area contributed by atoms with Gasteiger partial charge in [-0.2, -0.15) is 23.4 Å². The Kier molecular flexibility index (Phi) is 6.12. The fraction of sp³-hybridized carbons (Fsp3) is 0.333. The van der Waals surface area contributed by atoms with Crippen LogP contribution in [0.25, 0.3) is 5.65 Å². The standard InChI is InChI=1S/C24H24ClF3N6O/c1-13-21(14(2)33(31-13)12-15-7-6-8-16(25)9-15)30-22(35)17-10-20-29-18(23(3,4)5)11-19(24(26,27)28)34(20)32-17/h6-11H,12H2,1-5H3,(H,30,35). The van der Waals surface area contributed by atoms with E-state index >= 15 is 0 Å². The molecule has 1 aromatic carbocycles. The van der Waals surface area contributed by atoms with Crippen LogP contribution >= 0.6 is 11.6 Å². The first-order valence-electron chi connectivity index (χ1n) is 10.8. The molecule has 0 spiro atoms. The summed E-state index contributed by atoms with van der Waals surface area (Å²) in [4.78, 5) is 17.3. The number of hydrogen-bond acceptors (Lipinski definition) is 4. The molecule has 0 unspecified atom stereocenters. The van der Waals surface area contributed by atoms with Crippen LogP contribution in [0.15, 0.2) is 36.4 Å². The van der Waals surface area contributed by atoms with Crippen LogP contribution in [0.4, 0.5) is 18.9 Å². The number of carbonyl (C=O) groups is 1. The zero-order valence-electron chi connectivity index (χ0n) is 19.8. The molecule has 0 saturated carbocycles. The molecule has 0 saturated heterocycles. The molecule has 11 heteroatoms. The molecule has 184 valence electrons. The monoisotopic (exact) mass is 504 g/mol. The van der Waals surface area contributed by atoms with Gasteiger partial charge in [0.1, 0.15) is 5.69 Å². The van der Waals surface area contributed by atoms with E-state index in [1.165, 1.54) is 6.07 Å². The Hall–Kier alpha value is -3.40. The SMILES string of the molecule is Cc1nn(Cc2cccc(Cl)c2)c(C)c1NC(=O)c1cc2nc(C(C)(C)C)cc(C(F)(F)F)n2n1. The van der Waals surface area contributed by atoms with E-state index in [4.69, 9.17) is 11.6 Å². The molecule has 0 aliphatic heterocycles. The molecule has 7 nitrogen and oxygen atoms in total. The first-order chi connectivity index (χ1) is 16.2. The zero-order chi connectivity index (χ0) is 25.7. The fourth-order valence-corrected chi connectivity index (χ4v) is 3.90. The number of carbonyl (C=O) groups excluding carboxylic acids is 1. The van der Waals surface area contributed by atoms with E-state index in [1.807, 2.05) is 18.2 Å². The van der Waals surface area contributed by atoms with Crippen molar-refractivity contribution in [2.24, 2.45) is 0 Å². The van der Waals surface area contributed by atoms with Crippen molar-refractivity contribution in [2.45, 2.75) is 52.8 Å². The molecule has 1 amide bonds. The second-order valence-corrected chi connectivity index (χ2v) is 9.80. The average Bonchev–Trinajstić information content (AvgIpc) is 3.28. The van der Waals surface area contributed by atoms with Gasteiger partial charge in [0.25, 0.3) is 5.91 Å². The molecule has 0 bridgehead atoms. The number of aryl methyl sites for hydroxylation is 1. The van der Waals surface area contributed by atoms with E-state index in [0.717, 1.165) is 11.6 Å². The Morgan fingerprint density at radius 1 is 1.09 bits per heavy atom. The Balaban J connectivity index is 1.67. The van der Waals surface area contributed by atoms with Crippen molar-refractivity contribution in [3.8, 4) is 0 Å². The molecule has 0 fully saturated rings. The van der Waals surface area contributed by atoms with Gasteiger partial charge in [-0.05, 0) is 37.6 Å². The van der Waals surface area contributed by atoms with Gasteiger partial charge in [0.15, 0.2) is 11.3 Å². The molecule has 4 rings (SSSR count). The van der Waals surface area contributed by atoms with Gasteiger partial charge in [0, 0.05) is 16.5 Å². The number of anilines is 1. The Morgan fingerprint density at radius 2 is 1.80 bits per heavy atom. The van der Waals surface area contributed by atoms with Gasteiger partial charge in [0.05, 0.1) is 29.3 Å². The number of nitrogens with one attached hydrogen (secondary N) is 1. The lowest BCUT2D eigenvalue weighted by molar-refractivity contribution is -0.142. The lowest BCUT2D eigenvalue weighted by Crippen LogP contribution is -2.20. The van der Waals surface area contributed by atoms with E-state index in [1.54, 1.807) is 45.4 Å². The number of aromatic nitrogens is 5. The molecular weight excluding hydrogens is 481 g/mol.